The Hall–Kier alpha value is -2.95. The molecule has 5 nitrogen and oxygen atoms in total. The third-order valence-electron chi connectivity index (χ3n) is 4.27. The predicted octanol–water partition coefficient (Wildman–Crippen LogP) is 3.51. The zero-order chi connectivity index (χ0) is 17.6. The van der Waals surface area contributed by atoms with Gasteiger partial charge < -0.3 is 9.74 Å². The summed E-state index contributed by atoms with van der Waals surface area (Å²) in [7, 11) is 0. The molecule has 1 saturated heterocycles. The molecule has 1 aliphatic rings. The van der Waals surface area contributed by atoms with Crippen molar-refractivity contribution >= 4 is 17.6 Å². The lowest BCUT2D eigenvalue weighted by molar-refractivity contribution is -0.128. The molecule has 1 amide bonds. The molecule has 1 heterocycles. The number of hydrogen-bond donors (Lipinski definition) is 0. The highest BCUT2D eigenvalue weighted by atomic mass is 16.7. The van der Waals surface area contributed by atoms with Crippen LogP contribution in [-0.2, 0) is 9.63 Å². The quantitative estimate of drug-likeness (QED) is 0.636. The van der Waals surface area contributed by atoms with Crippen molar-refractivity contribution in [3.63, 3.8) is 0 Å². The number of piperidine rings is 1. The molecule has 5 heteroatoms. The van der Waals surface area contributed by atoms with Crippen LogP contribution < -0.4 is 0 Å². The Balaban J connectivity index is 1.59. The van der Waals surface area contributed by atoms with Gasteiger partial charge in [0.05, 0.1) is 11.3 Å². The Morgan fingerprint density at radius 2 is 1.52 bits per heavy atom. The van der Waals surface area contributed by atoms with Crippen LogP contribution in [0.5, 0.6) is 0 Å². The summed E-state index contributed by atoms with van der Waals surface area (Å²) < 4.78 is 0. The first kappa shape index (κ1) is 16.9. The highest BCUT2D eigenvalue weighted by Gasteiger charge is 2.18. The zero-order valence-electron chi connectivity index (χ0n) is 14.1. The van der Waals surface area contributed by atoms with Crippen LogP contribution in [0.2, 0.25) is 0 Å². The van der Waals surface area contributed by atoms with Crippen molar-refractivity contribution in [2.75, 3.05) is 13.1 Å². The van der Waals surface area contributed by atoms with E-state index in [1.54, 1.807) is 24.0 Å². The van der Waals surface area contributed by atoms with Crippen LogP contribution in [0.25, 0.3) is 11.1 Å². The number of hydrogen-bond acceptors (Lipinski definition) is 4. The fourth-order valence-corrected chi connectivity index (χ4v) is 2.76. The molecule has 2 aromatic carbocycles. The average Bonchev–Trinajstić information content (AvgIpc) is 2.67. The molecule has 0 unspecified atom stereocenters. The van der Waals surface area contributed by atoms with Gasteiger partial charge in [-0.2, -0.15) is 0 Å². The smallest absolute Gasteiger partial charge is 0.342 e. The molecule has 1 aliphatic heterocycles. The summed E-state index contributed by atoms with van der Waals surface area (Å²) in [5, 5.41) is 3.96. The molecular weight excluding hydrogens is 316 g/mol. The van der Waals surface area contributed by atoms with Gasteiger partial charge in [-0.1, -0.05) is 47.6 Å². The molecule has 1 fully saturated rings. The summed E-state index contributed by atoms with van der Waals surface area (Å²) >= 11 is 0. The predicted molar refractivity (Wildman–Crippen MR) is 96.2 cm³/mol. The second kappa shape index (κ2) is 7.75. The first-order chi connectivity index (χ1) is 12.1. The Kier molecular flexibility index (Phi) is 5.23. The Labute approximate surface area is 146 Å². The Bertz CT molecular complexity index is 772. The number of carbonyl (C=O) groups excluding carboxylic acids is 2. The van der Waals surface area contributed by atoms with Gasteiger partial charge in [-0.15, -0.1) is 0 Å². The van der Waals surface area contributed by atoms with Crippen molar-refractivity contribution in [2.45, 2.75) is 19.8 Å². The fourth-order valence-electron chi connectivity index (χ4n) is 2.76. The van der Waals surface area contributed by atoms with E-state index in [0.29, 0.717) is 31.5 Å². The van der Waals surface area contributed by atoms with Gasteiger partial charge in [0.15, 0.2) is 0 Å². The molecular formula is C20H20N2O3. The van der Waals surface area contributed by atoms with Gasteiger partial charge >= 0.3 is 5.97 Å². The fraction of sp³-hybridized carbons (Fsp3) is 0.250. The van der Waals surface area contributed by atoms with Crippen LogP contribution in [0.1, 0.15) is 30.1 Å². The molecule has 3 rings (SSSR count). The van der Waals surface area contributed by atoms with E-state index < -0.39 is 5.97 Å². The molecule has 25 heavy (non-hydrogen) atoms. The molecule has 0 atom stereocenters. The van der Waals surface area contributed by atoms with Gasteiger partial charge in [0.25, 0.3) is 0 Å². The molecule has 0 radical (unpaired) electrons. The molecule has 2 aromatic rings. The van der Waals surface area contributed by atoms with E-state index in [0.717, 1.165) is 16.8 Å². The molecule has 0 aromatic heterocycles. The maximum absolute atomic E-state index is 12.1. The van der Waals surface area contributed by atoms with E-state index in [1.807, 2.05) is 42.5 Å². The Morgan fingerprint density at radius 3 is 2.12 bits per heavy atom. The van der Waals surface area contributed by atoms with E-state index in [-0.39, 0.29) is 5.91 Å². The van der Waals surface area contributed by atoms with E-state index in [2.05, 4.69) is 5.16 Å². The maximum atomic E-state index is 12.1. The largest absolute Gasteiger partial charge is 0.365 e. The third kappa shape index (κ3) is 4.32. The van der Waals surface area contributed by atoms with Crippen molar-refractivity contribution in [3.05, 3.63) is 60.2 Å². The van der Waals surface area contributed by atoms with Gasteiger partial charge in [-0.3, -0.25) is 4.79 Å². The van der Waals surface area contributed by atoms with E-state index >= 15 is 0 Å². The van der Waals surface area contributed by atoms with Gasteiger partial charge in [-0.05, 0) is 23.3 Å². The van der Waals surface area contributed by atoms with E-state index in [1.165, 1.54) is 0 Å². The van der Waals surface area contributed by atoms with Gasteiger partial charge in [-0.25, -0.2) is 4.79 Å². The van der Waals surface area contributed by atoms with Crippen LogP contribution in [-0.4, -0.2) is 35.6 Å². The number of benzene rings is 2. The number of oxime groups is 1. The lowest BCUT2D eigenvalue weighted by Gasteiger charge is -2.25. The topological polar surface area (TPSA) is 59.0 Å². The summed E-state index contributed by atoms with van der Waals surface area (Å²) in [5.41, 5.74) is 3.41. The van der Waals surface area contributed by atoms with Crippen molar-refractivity contribution in [1.29, 1.82) is 0 Å². The van der Waals surface area contributed by atoms with Crippen LogP contribution in [0.3, 0.4) is 0 Å². The maximum Gasteiger partial charge on any atom is 0.365 e. The molecule has 0 spiro atoms. The molecule has 0 bridgehead atoms. The minimum absolute atomic E-state index is 0.0644. The first-order valence-corrected chi connectivity index (χ1v) is 8.31. The highest BCUT2D eigenvalue weighted by Crippen LogP contribution is 2.19. The van der Waals surface area contributed by atoms with Crippen molar-refractivity contribution < 1.29 is 14.4 Å². The van der Waals surface area contributed by atoms with Crippen molar-refractivity contribution in [3.8, 4) is 11.1 Å². The Morgan fingerprint density at radius 1 is 0.920 bits per heavy atom. The lowest BCUT2D eigenvalue weighted by Crippen LogP contribution is -2.37. The van der Waals surface area contributed by atoms with Gasteiger partial charge in [0, 0.05) is 32.9 Å². The first-order valence-electron chi connectivity index (χ1n) is 8.31. The number of carbonyl (C=O) groups is 2. The number of likely N-dealkylation sites (tertiary alicyclic amines) is 1. The minimum atomic E-state index is -0.471. The summed E-state index contributed by atoms with van der Waals surface area (Å²) in [6.45, 7) is 2.80. The summed E-state index contributed by atoms with van der Waals surface area (Å²) in [6, 6.07) is 17.2. The summed E-state index contributed by atoms with van der Waals surface area (Å²) in [6.07, 6.45) is 1.28. The van der Waals surface area contributed by atoms with Gasteiger partial charge in [0.1, 0.15) is 0 Å². The minimum Gasteiger partial charge on any atom is -0.342 e. The summed E-state index contributed by atoms with van der Waals surface area (Å²) in [5.74, 6) is -0.407. The standard InChI is InChI=1S/C20H20N2O3/c1-15(23)22-13-11-19(12-14-22)21-25-20(24)18-9-7-17(8-10-18)16-5-3-2-4-6-16/h2-10H,11-14H2,1H3. The van der Waals surface area contributed by atoms with Crippen LogP contribution >= 0.6 is 0 Å². The summed E-state index contributed by atoms with van der Waals surface area (Å²) in [4.78, 5) is 30.2. The highest BCUT2D eigenvalue weighted by molar-refractivity contribution is 5.92. The third-order valence-corrected chi connectivity index (χ3v) is 4.27. The lowest BCUT2D eigenvalue weighted by atomic mass is 10.0. The average molecular weight is 336 g/mol. The van der Waals surface area contributed by atoms with Crippen LogP contribution in [0, 0.1) is 0 Å². The molecule has 0 N–H and O–H groups in total. The normalized spacial score (nSPS) is 14.1. The second-order valence-electron chi connectivity index (χ2n) is 5.99. The van der Waals surface area contributed by atoms with Crippen LogP contribution in [0.4, 0.5) is 0 Å². The van der Waals surface area contributed by atoms with E-state index in [9.17, 15) is 9.59 Å². The molecule has 0 aliphatic carbocycles. The van der Waals surface area contributed by atoms with Gasteiger partial charge in [0.2, 0.25) is 5.91 Å². The molecule has 128 valence electrons. The number of rotatable bonds is 3. The van der Waals surface area contributed by atoms with E-state index in [4.69, 9.17) is 4.84 Å². The van der Waals surface area contributed by atoms with Crippen molar-refractivity contribution in [1.82, 2.24) is 4.90 Å². The molecule has 0 saturated carbocycles. The van der Waals surface area contributed by atoms with Crippen molar-refractivity contribution in [2.24, 2.45) is 5.16 Å². The number of amides is 1. The number of nitrogens with zero attached hydrogens (tertiary/aromatic N) is 2. The van der Waals surface area contributed by atoms with Crippen LogP contribution in [0.15, 0.2) is 59.8 Å². The monoisotopic (exact) mass is 336 g/mol. The second-order valence-corrected chi connectivity index (χ2v) is 5.99. The SMILES string of the molecule is CC(=O)N1CCC(=NOC(=O)c2ccc(-c3ccccc3)cc2)CC1. The zero-order valence-corrected chi connectivity index (χ0v) is 14.1.